The average Bonchev–Trinajstić information content (AvgIpc) is 2.57. The van der Waals surface area contributed by atoms with Gasteiger partial charge in [-0.15, -0.1) is 0 Å². The van der Waals surface area contributed by atoms with Crippen molar-refractivity contribution in [3.05, 3.63) is 37.0 Å². The highest BCUT2D eigenvalue weighted by Crippen LogP contribution is 2.13. The zero-order chi connectivity index (χ0) is 16.8. The monoisotopic (exact) mass is 317 g/mol. The summed E-state index contributed by atoms with van der Waals surface area (Å²) in [5.41, 5.74) is 0. The van der Waals surface area contributed by atoms with Crippen LogP contribution < -0.4 is 0 Å². The molecule has 0 heteroatoms. The number of unbranched alkanes of at least 4 members (excludes halogenated alkanes) is 15. The van der Waals surface area contributed by atoms with Crippen LogP contribution in [0.3, 0.4) is 0 Å². The van der Waals surface area contributed by atoms with Gasteiger partial charge in [0.2, 0.25) is 0 Å². The second kappa shape index (κ2) is 21.2. The zero-order valence-electron chi connectivity index (χ0n) is 15.8. The van der Waals surface area contributed by atoms with Crippen LogP contribution in [0.25, 0.3) is 0 Å². The van der Waals surface area contributed by atoms with Crippen LogP contribution in [0.1, 0.15) is 110 Å². The Morgan fingerprint density at radius 2 is 0.957 bits per heavy atom. The zero-order valence-corrected chi connectivity index (χ0v) is 15.8. The Hall–Kier alpha value is -0.780. The van der Waals surface area contributed by atoms with E-state index in [0.717, 1.165) is 0 Å². The molecule has 0 aromatic rings. The topological polar surface area (TPSA) is 0 Å². The van der Waals surface area contributed by atoms with Crippen molar-refractivity contribution in [1.82, 2.24) is 0 Å². The van der Waals surface area contributed by atoms with Crippen molar-refractivity contribution in [2.75, 3.05) is 0 Å². The molecule has 0 aliphatic carbocycles. The molecule has 0 aliphatic rings. The summed E-state index contributed by atoms with van der Waals surface area (Å²) in [6, 6.07) is 0. The molecule has 1 radical (unpaired) electrons. The fourth-order valence-electron chi connectivity index (χ4n) is 2.94. The van der Waals surface area contributed by atoms with E-state index in [1.54, 1.807) is 6.08 Å². The molecule has 0 rings (SSSR count). The van der Waals surface area contributed by atoms with Crippen LogP contribution >= 0.6 is 0 Å². The van der Waals surface area contributed by atoms with Crippen LogP contribution in [0.15, 0.2) is 30.4 Å². The average molecular weight is 318 g/mol. The van der Waals surface area contributed by atoms with Crippen LogP contribution in [-0.2, 0) is 0 Å². The van der Waals surface area contributed by atoms with Crippen LogP contribution in [0.5, 0.6) is 0 Å². The van der Waals surface area contributed by atoms with Gasteiger partial charge in [-0.2, -0.15) is 0 Å². The quantitative estimate of drug-likeness (QED) is 0.176. The van der Waals surface area contributed by atoms with Crippen molar-refractivity contribution in [2.45, 2.75) is 110 Å². The molecule has 0 atom stereocenters. The van der Waals surface area contributed by atoms with E-state index in [1.807, 2.05) is 12.2 Å². The van der Waals surface area contributed by atoms with Gasteiger partial charge < -0.3 is 0 Å². The van der Waals surface area contributed by atoms with Gasteiger partial charge in [-0.3, -0.25) is 0 Å². The third kappa shape index (κ3) is 21.2. The van der Waals surface area contributed by atoms with E-state index in [4.69, 9.17) is 6.58 Å². The van der Waals surface area contributed by atoms with Gasteiger partial charge in [-0.1, -0.05) is 134 Å². The summed E-state index contributed by atoms with van der Waals surface area (Å²) in [6.07, 6.45) is 32.5. The smallest absolute Gasteiger partial charge is 0.0348 e. The summed E-state index contributed by atoms with van der Waals surface area (Å²) in [4.78, 5) is 0. The molecule has 23 heavy (non-hydrogen) atoms. The van der Waals surface area contributed by atoms with E-state index in [1.165, 1.54) is 103 Å². The number of allylic oxidation sites excluding steroid dienone is 5. The maximum absolute atomic E-state index is 5.26. The minimum Gasteiger partial charge on any atom is -0.0845 e. The van der Waals surface area contributed by atoms with E-state index in [9.17, 15) is 0 Å². The van der Waals surface area contributed by atoms with E-state index < -0.39 is 0 Å². The first kappa shape index (κ1) is 22.2. The van der Waals surface area contributed by atoms with Crippen LogP contribution in [-0.4, -0.2) is 0 Å². The van der Waals surface area contributed by atoms with Crippen LogP contribution in [0.2, 0.25) is 0 Å². The maximum Gasteiger partial charge on any atom is -0.0348 e. The molecular weight excluding hydrogens is 276 g/mol. The maximum atomic E-state index is 5.26. The Morgan fingerprint density at radius 1 is 0.522 bits per heavy atom. The third-order valence-electron chi connectivity index (χ3n) is 4.44. The lowest BCUT2D eigenvalue weighted by molar-refractivity contribution is 0.533. The molecule has 0 saturated heterocycles. The molecule has 0 heterocycles. The normalized spacial score (nSPS) is 11.7. The van der Waals surface area contributed by atoms with E-state index in [0.29, 0.717) is 0 Å². The molecule has 0 nitrogen and oxygen atoms in total. The van der Waals surface area contributed by atoms with Crippen molar-refractivity contribution in [3.8, 4) is 0 Å². The van der Waals surface area contributed by atoms with Crippen molar-refractivity contribution < 1.29 is 0 Å². The Bertz CT molecular complexity index is 272. The van der Waals surface area contributed by atoms with Crippen LogP contribution in [0.4, 0.5) is 0 Å². The van der Waals surface area contributed by atoms with Crippen molar-refractivity contribution in [1.29, 1.82) is 0 Å². The lowest BCUT2D eigenvalue weighted by Gasteiger charge is -2.03. The standard InChI is InChI=1S/C23H41/c1-3-5-7-9-11-13-15-17-19-21-23-22-20-18-16-14-12-10-8-6-4-2/h1,3,5,7,9,11H,4,6,8,10,12-23H2,2H3. The highest BCUT2D eigenvalue weighted by molar-refractivity contribution is 5.07. The van der Waals surface area contributed by atoms with Crippen molar-refractivity contribution >= 4 is 0 Å². The Morgan fingerprint density at radius 3 is 1.39 bits per heavy atom. The summed E-state index contributed by atoms with van der Waals surface area (Å²) in [7, 11) is 0. The second-order valence-corrected chi connectivity index (χ2v) is 6.74. The Balaban J connectivity index is 3.04. The Labute approximate surface area is 147 Å². The van der Waals surface area contributed by atoms with Crippen LogP contribution in [0, 0.1) is 6.58 Å². The summed E-state index contributed by atoms with van der Waals surface area (Å²) in [6.45, 7) is 7.55. The van der Waals surface area contributed by atoms with Crippen molar-refractivity contribution in [3.63, 3.8) is 0 Å². The van der Waals surface area contributed by atoms with Gasteiger partial charge in [0.1, 0.15) is 0 Å². The fraction of sp³-hybridized carbons (Fsp3) is 0.739. The first-order valence-electron chi connectivity index (χ1n) is 10.3. The third-order valence-corrected chi connectivity index (χ3v) is 4.44. The van der Waals surface area contributed by atoms with Crippen molar-refractivity contribution in [2.24, 2.45) is 0 Å². The van der Waals surface area contributed by atoms with Gasteiger partial charge in [-0.25, -0.2) is 0 Å². The van der Waals surface area contributed by atoms with E-state index in [-0.39, 0.29) is 0 Å². The summed E-state index contributed by atoms with van der Waals surface area (Å²) >= 11 is 0. The second-order valence-electron chi connectivity index (χ2n) is 6.74. The molecule has 133 valence electrons. The molecule has 0 fully saturated rings. The van der Waals surface area contributed by atoms with E-state index in [2.05, 4.69) is 19.1 Å². The summed E-state index contributed by atoms with van der Waals surface area (Å²) < 4.78 is 0. The summed E-state index contributed by atoms with van der Waals surface area (Å²) in [5, 5.41) is 0. The number of hydrogen-bond acceptors (Lipinski definition) is 0. The van der Waals surface area contributed by atoms with Gasteiger partial charge in [0.25, 0.3) is 0 Å². The predicted octanol–water partition coefficient (Wildman–Crippen LogP) is 8.35. The molecule has 0 spiro atoms. The number of hydrogen-bond donors (Lipinski definition) is 0. The molecule has 0 aliphatic heterocycles. The number of rotatable bonds is 18. The molecule has 0 N–H and O–H groups in total. The molecule has 0 bridgehead atoms. The molecular formula is C23H41. The lowest BCUT2D eigenvalue weighted by Crippen LogP contribution is -1.83. The molecule has 0 aromatic heterocycles. The van der Waals surface area contributed by atoms with Gasteiger partial charge >= 0.3 is 0 Å². The minimum atomic E-state index is 1.20. The van der Waals surface area contributed by atoms with E-state index >= 15 is 0 Å². The highest BCUT2D eigenvalue weighted by atomic mass is 14.0. The largest absolute Gasteiger partial charge is 0.0845 e. The predicted molar refractivity (Wildman–Crippen MR) is 107 cm³/mol. The Kier molecular flexibility index (Phi) is 20.5. The van der Waals surface area contributed by atoms with Gasteiger partial charge in [0, 0.05) is 0 Å². The summed E-state index contributed by atoms with van der Waals surface area (Å²) in [5.74, 6) is 0. The molecule has 0 aromatic carbocycles. The molecule has 0 unspecified atom stereocenters. The lowest BCUT2D eigenvalue weighted by atomic mass is 10.0. The van der Waals surface area contributed by atoms with Gasteiger partial charge in [-0.05, 0) is 12.8 Å². The van der Waals surface area contributed by atoms with Gasteiger partial charge in [0.15, 0.2) is 0 Å². The molecule has 0 amide bonds. The fourth-order valence-corrected chi connectivity index (χ4v) is 2.94. The molecule has 0 saturated carbocycles. The highest BCUT2D eigenvalue weighted by Gasteiger charge is 1.93. The first-order chi connectivity index (χ1) is 11.4. The minimum absolute atomic E-state index is 1.20. The SMILES string of the molecule is [CH]=CC=CC=CCCCCCCCCCCCCCCCCC. The van der Waals surface area contributed by atoms with Gasteiger partial charge in [0.05, 0.1) is 0 Å². The first-order valence-corrected chi connectivity index (χ1v) is 10.3.